The van der Waals surface area contributed by atoms with Gasteiger partial charge in [0.25, 0.3) is 0 Å². The second-order valence-electron chi connectivity index (χ2n) is 3.92. The molecule has 0 heterocycles. The lowest BCUT2D eigenvalue weighted by atomic mass is 9.91. The fraction of sp³-hybridized carbons (Fsp3) is 0.417. The van der Waals surface area contributed by atoms with Gasteiger partial charge >= 0.3 is 0 Å². The van der Waals surface area contributed by atoms with Crippen LogP contribution in [0.5, 0.6) is 0 Å². The number of carbonyl (C=O) groups excluding carboxylic acids is 1. The monoisotopic (exact) mass is 240 g/mol. The van der Waals surface area contributed by atoms with Crippen molar-refractivity contribution in [2.24, 2.45) is 5.73 Å². The van der Waals surface area contributed by atoms with Crippen LogP contribution in [-0.2, 0) is 15.1 Å². The molecule has 0 saturated carbocycles. The quantitative estimate of drug-likeness (QED) is 0.722. The summed E-state index contributed by atoms with van der Waals surface area (Å²) in [5.41, 5.74) is 4.78. The molecule has 0 aliphatic heterocycles. The van der Waals surface area contributed by atoms with E-state index >= 15 is 0 Å². The van der Waals surface area contributed by atoms with Gasteiger partial charge in [-0.3, -0.25) is 10.1 Å². The summed E-state index contributed by atoms with van der Waals surface area (Å²) in [6.07, 6.45) is 0. The van der Waals surface area contributed by atoms with Crippen molar-refractivity contribution in [2.75, 3.05) is 20.3 Å². The summed E-state index contributed by atoms with van der Waals surface area (Å²) in [4.78, 5) is 11.5. The van der Waals surface area contributed by atoms with Crippen molar-refractivity contribution in [2.45, 2.75) is 12.5 Å². The zero-order valence-electron chi connectivity index (χ0n) is 10.00. The summed E-state index contributed by atoms with van der Waals surface area (Å²) in [7, 11) is 1.56. The molecule has 0 radical (unpaired) electrons. The number of hydrogen-bond donors (Lipinski definition) is 2. The van der Waals surface area contributed by atoms with Crippen LogP contribution < -0.4 is 11.1 Å². The molecule has 1 atom stereocenters. The standard InChI is InChI=1S/C12H17FN2O2/c1-12(11(14)16,15-6-7-17-2)9-4-3-5-10(13)8-9/h3-5,8,15H,6-7H2,1-2H3,(H2,14,16). The third-order valence-electron chi connectivity index (χ3n) is 2.68. The Balaban J connectivity index is 2.95. The van der Waals surface area contributed by atoms with Crippen molar-refractivity contribution in [3.63, 3.8) is 0 Å². The molecule has 1 rings (SSSR count). The van der Waals surface area contributed by atoms with Gasteiger partial charge in [0, 0.05) is 13.7 Å². The van der Waals surface area contributed by atoms with Crippen molar-refractivity contribution >= 4 is 5.91 Å². The number of ether oxygens (including phenoxy) is 1. The maximum Gasteiger partial charge on any atom is 0.242 e. The van der Waals surface area contributed by atoms with Crippen LogP contribution in [0, 0.1) is 5.82 Å². The maximum atomic E-state index is 13.1. The molecule has 1 aromatic carbocycles. The van der Waals surface area contributed by atoms with Crippen molar-refractivity contribution in [1.29, 1.82) is 0 Å². The molecule has 17 heavy (non-hydrogen) atoms. The molecule has 5 heteroatoms. The summed E-state index contributed by atoms with van der Waals surface area (Å²) in [5, 5.41) is 2.97. The van der Waals surface area contributed by atoms with Crippen LogP contribution in [0.4, 0.5) is 4.39 Å². The van der Waals surface area contributed by atoms with E-state index in [1.165, 1.54) is 12.1 Å². The van der Waals surface area contributed by atoms with Gasteiger partial charge in [0.05, 0.1) is 6.61 Å². The highest BCUT2D eigenvalue weighted by Gasteiger charge is 2.32. The summed E-state index contributed by atoms with van der Waals surface area (Å²) >= 11 is 0. The molecule has 0 saturated heterocycles. The Bertz CT molecular complexity index is 398. The number of amides is 1. The molecular weight excluding hydrogens is 223 g/mol. The predicted octanol–water partition coefficient (Wildman–Crippen LogP) is 0.762. The van der Waals surface area contributed by atoms with Gasteiger partial charge < -0.3 is 10.5 Å². The third-order valence-corrected chi connectivity index (χ3v) is 2.68. The first-order valence-corrected chi connectivity index (χ1v) is 5.30. The number of hydrogen-bond acceptors (Lipinski definition) is 3. The summed E-state index contributed by atoms with van der Waals surface area (Å²) < 4.78 is 18.0. The Hall–Kier alpha value is -1.46. The molecule has 3 N–H and O–H groups in total. The van der Waals surface area contributed by atoms with E-state index in [2.05, 4.69) is 5.32 Å². The summed E-state index contributed by atoms with van der Waals surface area (Å²) in [5.74, 6) is -0.956. The number of nitrogens with two attached hydrogens (primary N) is 1. The van der Waals surface area contributed by atoms with Crippen LogP contribution in [0.3, 0.4) is 0 Å². The van der Waals surface area contributed by atoms with E-state index in [0.717, 1.165) is 0 Å². The smallest absolute Gasteiger partial charge is 0.242 e. The normalized spacial score (nSPS) is 14.3. The van der Waals surface area contributed by atoms with Gasteiger partial charge in [-0.15, -0.1) is 0 Å². The molecule has 94 valence electrons. The predicted molar refractivity (Wildman–Crippen MR) is 62.8 cm³/mol. The lowest BCUT2D eigenvalue weighted by molar-refractivity contribution is -0.124. The average molecular weight is 240 g/mol. The van der Waals surface area contributed by atoms with Gasteiger partial charge in [-0.2, -0.15) is 0 Å². The largest absolute Gasteiger partial charge is 0.383 e. The minimum absolute atomic E-state index is 0.400. The van der Waals surface area contributed by atoms with Crippen LogP contribution in [0.1, 0.15) is 12.5 Å². The van der Waals surface area contributed by atoms with Crippen LogP contribution in [0.25, 0.3) is 0 Å². The van der Waals surface area contributed by atoms with Crippen molar-refractivity contribution in [1.82, 2.24) is 5.32 Å². The minimum Gasteiger partial charge on any atom is -0.383 e. The number of halogens is 1. The Morgan fingerprint density at radius 1 is 1.59 bits per heavy atom. The van der Waals surface area contributed by atoms with Crippen molar-refractivity contribution in [3.05, 3.63) is 35.6 Å². The van der Waals surface area contributed by atoms with Crippen LogP contribution in [-0.4, -0.2) is 26.2 Å². The lowest BCUT2D eigenvalue weighted by Gasteiger charge is -2.28. The fourth-order valence-corrected chi connectivity index (χ4v) is 1.53. The van der Waals surface area contributed by atoms with E-state index in [9.17, 15) is 9.18 Å². The Morgan fingerprint density at radius 3 is 2.82 bits per heavy atom. The summed E-state index contributed by atoms with van der Waals surface area (Å²) in [6, 6.07) is 5.82. The number of benzene rings is 1. The zero-order valence-corrected chi connectivity index (χ0v) is 10.00. The van der Waals surface area contributed by atoms with Crippen molar-refractivity contribution < 1.29 is 13.9 Å². The first kappa shape index (κ1) is 13.6. The second-order valence-corrected chi connectivity index (χ2v) is 3.92. The summed E-state index contributed by atoms with van der Waals surface area (Å²) in [6.45, 7) is 2.52. The topological polar surface area (TPSA) is 64.3 Å². The molecule has 1 amide bonds. The molecule has 0 aliphatic carbocycles. The molecule has 0 fully saturated rings. The number of nitrogens with one attached hydrogen (secondary N) is 1. The average Bonchev–Trinajstić information content (AvgIpc) is 2.29. The van der Waals surface area contributed by atoms with Gasteiger partial charge in [0.1, 0.15) is 11.4 Å². The maximum absolute atomic E-state index is 13.1. The highest BCUT2D eigenvalue weighted by atomic mass is 19.1. The van der Waals surface area contributed by atoms with Crippen LogP contribution >= 0.6 is 0 Å². The SMILES string of the molecule is COCCNC(C)(C(N)=O)c1cccc(F)c1. The first-order chi connectivity index (χ1) is 8.00. The van der Waals surface area contributed by atoms with E-state index in [1.54, 1.807) is 26.2 Å². The molecule has 0 aliphatic rings. The van der Waals surface area contributed by atoms with E-state index in [1.807, 2.05) is 0 Å². The molecular formula is C12H17FN2O2. The molecule has 1 unspecified atom stereocenters. The van der Waals surface area contributed by atoms with E-state index < -0.39 is 17.3 Å². The first-order valence-electron chi connectivity index (χ1n) is 5.30. The Morgan fingerprint density at radius 2 is 2.29 bits per heavy atom. The van der Waals surface area contributed by atoms with Gasteiger partial charge in [-0.25, -0.2) is 4.39 Å². The van der Waals surface area contributed by atoms with Crippen molar-refractivity contribution in [3.8, 4) is 0 Å². The fourth-order valence-electron chi connectivity index (χ4n) is 1.53. The number of carbonyl (C=O) groups is 1. The van der Waals surface area contributed by atoms with Crippen LogP contribution in [0.2, 0.25) is 0 Å². The lowest BCUT2D eigenvalue weighted by Crippen LogP contribution is -2.51. The van der Waals surface area contributed by atoms with Gasteiger partial charge in [0.15, 0.2) is 0 Å². The highest BCUT2D eigenvalue weighted by Crippen LogP contribution is 2.20. The molecule has 0 bridgehead atoms. The molecule has 4 nitrogen and oxygen atoms in total. The molecule has 1 aromatic rings. The van der Waals surface area contributed by atoms with E-state index in [4.69, 9.17) is 10.5 Å². The van der Waals surface area contributed by atoms with Gasteiger partial charge in [0.2, 0.25) is 5.91 Å². The minimum atomic E-state index is -1.10. The molecule has 0 spiro atoms. The number of rotatable bonds is 6. The van der Waals surface area contributed by atoms with Gasteiger partial charge in [-0.1, -0.05) is 12.1 Å². The highest BCUT2D eigenvalue weighted by molar-refractivity contribution is 5.85. The number of methoxy groups -OCH3 is 1. The number of primary amides is 1. The second kappa shape index (κ2) is 5.75. The Labute approximate surface area is 100.0 Å². The third kappa shape index (κ3) is 3.25. The van der Waals surface area contributed by atoms with E-state index in [-0.39, 0.29) is 0 Å². The molecule has 0 aromatic heterocycles. The van der Waals surface area contributed by atoms with Gasteiger partial charge in [-0.05, 0) is 24.6 Å². The zero-order chi connectivity index (χ0) is 12.9. The van der Waals surface area contributed by atoms with Crippen LogP contribution in [0.15, 0.2) is 24.3 Å². The Kier molecular flexibility index (Phi) is 4.60. The van der Waals surface area contributed by atoms with E-state index in [0.29, 0.717) is 18.7 Å².